The summed E-state index contributed by atoms with van der Waals surface area (Å²) in [6.45, 7) is 5.46. The summed E-state index contributed by atoms with van der Waals surface area (Å²) in [6.07, 6.45) is 1.30. The van der Waals surface area contributed by atoms with Crippen molar-refractivity contribution in [1.82, 2.24) is 5.32 Å². The van der Waals surface area contributed by atoms with E-state index in [0.29, 0.717) is 6.42 Å². The zero-order valence-electron chi connectivity index (χ0n) is 13.9. The molecule has 0 heterocycles. The Balaban J connectivity index is 2.86. The highest BCUT2D eigenvalue weighted by Gasteiger charge is 2.36. The van der Waals surface area contributed by atoms with Crippen LogP contribution in [0.3, 0.4) is 0 Å². The van der Waals surface area contributed by atoms with Crippen LogP contribution in [0.2, 0.25) is 0 Å². The molecular weight excluding hydrogens is 282 g/mol. The summed E-state index contributed by atoms with van der Waals surface area (Å²) < 4.78 is 9.92. The summed E-state index contributed by atoms with van der Waals surface area (Å²) in [5, 5.41) is 2.83. The van der Waals surface area contributed by atoms with Gasteiger partial charge in [-0.25, -0.2) is 4.79 Å². The van der Waals surface area contributed by atoms with Crippen molar-refractivity contribution in [2.45, 2.75) is 45.1 Å². The Morgan fingerprint density at radius 2 is 1.82 bits per heavy atom. The molecule has 5 nitrogen and oxygen atoms in total. The van der Waals surface area contributed by atoms with Crippen LogP contribution in [0.1, 0.15) is 45.1 Å². The van der Waals surface area contributed by atoms with Crippen LogP contribution >= 0.6 is 0 Å². The topological polar surface area (TPSA) is 64.6 Å². The number of hydrogen-bond acceptors (Lipinski definition) is 4. The lowest BCUT2D eigenvalue weighted by Gasteiger charge is -2.29. The average Bonchev–Trinajstić information content (AvgIpc) is 2.53. The summed E-state index contributed by atoms with van der Waals surface area (Å²) in [6, 6.07) is 7.31. The lowest BCUT2D eigenvalue weighted by atomic mass is 9.93. The van der Waals surface area contributed by atoms with Crippen LogP contribution in [-0.2, 0) is 14.3 Å². The Labute approximate surface area is 132 Å². The van der Waals surface area contributed by atoms with E-state index in [9.17, 15) is 9.59 Å². The van der Waals surface area contributed by atoms with Gasteiger partial charge in [-0.3, -0.25) is 4.79 Å². The number of esters is 1. The molecule has 0 aliphatic carbocycles. The standard InChI is InChI=1S/C17H25NO4/c1-6-11-17(3,16(20)22-5)18-15(19)12(2)13-7-9-14(21-4)10-8-13/h7-10,12H,6,11H2,1-5H3,(H,18,19). The van der Waals surface area contributed by atoms with Crippen LogP contribution in [0.25, 0.3) is 0 Å². The van der Waals surface area contributed by atoms with Gasteiger partial charge in [-0.1, -0.05) is 25.5 Å². The summed E-state index contributed by atoms with van der Waals surface area (Å²) in [5.74, 6) is -0.260. The summed E-state index contributed by atoms with van der Waals surface area (Å²) in [5.41, 5.74) is -0.136. The highest BCUT2D eigenvalue weighted by Crippen LogP contribution is 2.22. The monoisotopic (exact) mass is 307 g/mol. The number of carbonyl (C=O) groups excluding carboxylic acids is 2. The third-order valence-corrected chi connectivity index (χ3v) is 3.79. The second-order valence-corrected chi connectivity index (χ2v) is 5.56. The second-order valence-electron chi connectivity index (χ2n) is 5.56. The fraction of sp³-hybridized carbons (Fsp3) is 0.529. The number of rotatable bonds is 7. The van der Waals surface area contributed by atoms with Crippen molar-refractivity contribution in [3.05, 3.63) is 29.8 Å². The van der Waals surface area contributed by atoms with Gasteiger partial charge >= 0.3 is 5.97 Å². The van der Waals surface area contributed by atoms with E-state index in [-0.39, 0.29) is 11.8 Å². The lowest BCUT2D eigenvalue weighted by molar-refractivity contribution is -0.150. The zero-order valence-corrected chi connectivity index (χ0v) is 13.9. The molecule has 1 aromatic carbocycles. The maximum absolute atomic E-state index is 12.5. The molecule has 0 bridgehead atoms. The van der Waals surface area contributed by atoms with Gasteiger partial charge in [-0.15, -0.1) is 0 Å². The molecule has 0 radical (unpaired) electrons. The van der Waals surface area contributed by atoms with Crippen molar-refractivity contribution in [2.24, 2.45) is 0 Å². The van der Waals surface area contributed by atoms with Gasteiger partial charge in [0.1, 0.15) is 11.3 Å². The first-order chi connectivity index (χ1) is 10.4. The predicted octanol–water partition coefficient (Wildman–Crippen LogP) is 2.65. The Morgan fingerprint density at radius 1 is 1.23 bits per heavy atom. The molecule has 0 aliphatic rings. The van der Waals surface area contributed by atoms with Crippen molar-refractivity contribution in [3.63, 3.8) is 0 Å². The zero-order chi connectivity index (χ0) is 16.8. The van der Waals surface area contributed by atoms with E-state index >= 15 is 0 Å². The van der Waals surface area contributed by atoms with E-state index in [1.165, 1.54) is 7.11 Å². The average molecular weight is 307 g/mol. The number of hydrogen-bond donors (Lipinski definition) is 1. The van der Waals surface area contributed by atoms with Crippen molar-refractivity contribution in [2.75, 3.05) is 14.2 Å². The van der Waals surface area contributed by atoms with Crippen molar-refractivity contribution in [3.8, 4) is 5.75 Å². The molecule has 0 saturated carbocycles. The van der Waals surface area contributed by atoms with E-state index in [0.717, 1.165) is 17.7 Å². The maximum atomic E-state index is 12.5. The fourth-order valence-electron chi connectivity index (χ4n) is 2.36. The number of ether oxygens (including phenoxy) is 2. The smallest absolute Gasteiger partial charge is 0.331 e. The molecule has 1 N–H and O–H groups in total. The molecule has 0 aliphatic heterocycles. The van der Waals surface area contributed by atoms with Gasteiger partial charge in [0.15, 0.2) is 0 Å². The molecule has 22 heavy (non-hydrogen) atoms. The van der Waals surface area contributed by atoms with Crippen LogP contribution in [0, 0.1) is 0 Å². The minimum absolute atomic E-state index is 0.202. The molecule has 1 rings (SSSR count). The molecule has 2 atom stereocenters. The van der Waals surface area contributed by atoms with Crippen LogP contribution in [0.4, 0.5) is 0 Å². The van der Waals surface area contributed by atoms with Crippen molar-refractivity contribution in [1.29, 1.82) is 0 Å². The molecule has 2 unspecified atom stereocenters. The van der Waals surface area contributed by atoms with Gasteiger partial charge in [-0.2, -0.15) is 0 Å². The van der Waals surface area contributed by atoms with E-state index in [4.69, 9.17) is 9.47 Å². The Hall–Kier alpha value is -2.04. The SMILES string of the molecule is CCCC(C)(NC(=O)C(C)c1ccc(OC)cc1)C(=O)OC. The van der Waals surface area contributed by atoms with Gasteiger partial charge in [-0.05, 0) is 38.0 Å². The molecule has 1 aromatic rings. The number of methoxy groups -OCH3 is 2. The second kappa shape index (κ2) is 7.82. The van der Waals surface area contributed by atoms with Gasteiger partial charge in [0.25, 0.3) is 0 Å². The van der Waals surface area contributed by atoms with Crippen LogP contribution in [0.15, 0.2) is 24.3 Å². The first-order valence-electron chi connectivity index (χ1n) is 7.42. The van der Waals surface area contributed by atoms with Crippen LogP contribution in [-0.4, -0.2) is 31.6 Å². The van der Waals surface area contributed by atoms with Crippen molar-refractivity contribution < 1.29 is 19.1 Å². The normalized spacial score (nSPS) is 14.6. The maximum Gasteiger partial charge on any atom is 0.331 e. The summed E-state index contributed by atoms with van der Waals surface area (Å²) in [7, 11) is 2.92. The molecule has 122 valence electrons. The first-order valence-corrected chi connectivity index (χ1v) is 7.42. The highest BCUT2D eigenvalue weighted by atomic mass is 16.5. The third-order valence-electron chi connectivity index (χ3n) is 3.79. The van der Waals surface area contributed by atoms with E-state index in [1.807, 2.05) is 31.2 Å². The number of carbonyl (C=O) groups is 2. The lowest BCUT2D eigenvalue weighted by Crippen LogP contribution is -2.53. The van der Waals surface area contributed by atoms with Crippen molar-refractivity contribution >= 4 is 11.9 Å². The van der Waals surface area contributed by atoms with E-state index < -0.39 is 11.5 Å². The van der Waals surface area contributed by atoms with Crippen LogP contribution < -0.4 is 10.1 Å². The Morgan fingerprint density at radius 3 is 2.27 bits per heavy atom. The molecule has 0 saturated heterocycles. The summed E-state index contributed by atoms with van der Waals surface area (Å²) in [4.78, 5) is 24.4. The van der Waals surface area contributed by atoms with Gasteiger partial charge in [0.05, 0.1) is 20.1 Å². The largest absolute Gasteiger partial charge is 0.497 e. The highest BCUT2D eigenvalue weighted by molar-refractivity contribution is 5.90. The van der Waals surface area contributed by atoms with Gasteiger partial charge < -0.3 is 14.8 Å². The molecule has 0 spiro atoms. The van der Waals surface area contributed by atoms with Gasteiger partial charge in [0, 0.05) is 0 Å². The molecule has 5 heteroatoms. The fourth-order valence-corrected chi connectivity index (χ4v) is 2.36. The first kappa shape index (κ1) is 18.0. The predicted molar refractivity (Wildman–Crippen MR) is 84.9 cm³/mol. The van der Waals surface area contributed by atoms with Crippen LogP contribution in [0.5, 0.6) is 5.75 Å². The number of amides is 1. The number of benzene rings is 1. The molecular formula is C17H25NO4. The quantitative estimate of drug-likeness (QED) is 0.787. The molecule has 0 fully saturated rings. The van der Waals surface area contributed by atoms with Gasteiger partial charge in [0.2, 0.25) is 5.91 Å². The Bertz CT molecular complexity index is 512. The van der Waals surface area contributed by atoms with E-state index in [1.54, 1.807) is 21.0 Å². The minimum Gasteiger partial charge on any atom is -0.497 e. The van der Waals surface area contributed by atoms with E-state index in [2.05, 4.69) is 5.32 Å². The molecule has 0 aromatic heterocycles. The minimum atomic E-state index is -0.999. The number of nitrogens with one attached hydrogen (secondary N) is 1. The third kappa shape index (κ3) is 4.23. The Kier molecular flexibility index (Phi) is 6.40. The molecule has 1 amide bonds. The summed E-state index contributed by atoms with van der Waals surface area (Å²) >= 11 is 0.